The van der Waals surface area contributed by atoms with Crippen molar-refractivity contribution in [3.63, 3.8) is 0 Å². The molecule has 3 fully saturated rings. The van der Waals surface area contributed by atoms with E-state index in [0.29, 0.717) is 12.5 Å². The van der Waals surface area contributed by atoms with Crippen LogP contribution in [0.25, 0.3) is 33.9 Å². The summed E-state index contributed by atoms with van der Waals surface area (Å²) in [5.74, 6) is 1.57. The van der Waals surface area contributed by atoms with Gasteiger partial charge >= 0.3 is 12.2 Å². The van der Waals surface area contributed by atoms with E-state index >= 15 is 0 Å². The van der Waals surface area contributed by atoms with Crippen LogP contribution in [-0.2, 0) is 19.1 Å². The number of aromatic nitrogens is 4. The number of alkyl carbamates (subject to hydrolysis) is 1. The van der Waals surface area contributed by atoms with Crippen LogP contribution >= 0.6 is 0 Å². The van der Waals surface area contributed by atoms with Gasteiger partial charge in [0.1, 0.15) is 17.7 Å². The number of benzene rings is 2. The van der Waals surface area contributed by atoms with Crippen LogP contribution in [0.1, 0.15) is 88.7 Å². The summed E-state index contributed by atoms with van der Waals surface area (Å²) in [7, 11) is 2.59. The Morgan fingerprint density at radius 2 is 1.47 bits per heavy atom. The fraction of sp³-hybridized carbons (Fsp3) is 0.488. The molecule has 3 unspecified atom stereocenters. The number of nitrogens with zero attached hydrogens (tertiary/aromatic N) is 4. The highest BCUT2D eigenvalue weighted by Gasteiger charge is 2.53. The number of hydrogen-bond donors (Lipinski definition) is 4. The van der Waals surface area contributed by atoms with Gasteiger partial charge in [0, 0.05) is 41.5 Å². The molecule has 7 rings (SSSR count). The van der Waals surface area contributed by atoms with E-state index in [0.717, 1.165) is 83.0 Å². The van der Waals surface area contributed by atoms with Gasteiger partial charge in [-0.1, -0.05) is 56.3 Å². The number of fused-ring (bicyclic) bond motifs is 2. The first kappa shape index (κ1) is 39.6. The molecule has 4 aromatic rings. The van der Waals surface area contributed by atoms with Crippen LogP contribution in [-0.4, -0.2) is 86.7 Å². The quantitative estimate of drug-likeness (QED) is 0.123. The number of nitrogens with one attached hydrogen (secondary N) is 4. The third-order valence-corrected chi connectivity index (χ3v) is 12.2. The molecule has 0 spiro atoms. The van der Waals surface area contributed by atoms with E-state index in [1.807, 2.05) is 45.0 Å². The van der Waals surface area contributed by atoms with E-state index in [1.54, 1.807) is 0 Å². The third-order valence-electron chi connectivity index (χ3n) is 12.2. The lowest BCUT2D eigenvalue weighted by Gasteiger charge is -2.35. The minimum atomic E-state index is -0.682. The molecule has 14 nitrogen and oxygen atoms in total. The zero-order valence-corrected chi connectivity index (χ0v) is 33.8. The summed E-state index contributed by atoms with van der Waals surface area (Å²) in [4.78, 5) is 70.0. The molecule has 2 bridgehead atoms. The van der Waals surface area contributed by atoms with E-state index in [4.69, 9.17) is 19.4 Å². The molecule has 3 heterocycles. The Balaban J connectivity index is 1.04. The number of amides is 4. The molecule has 2 aromatic carbocycles. The number of carbonyl (C=O) groups excluding carboxylic acids is 4. The van der Waals surface area contributed by atoms with Gasteiger partial charge in [-0.15, -0.1) is 0 Å². The lowest BCUT2D eigenvalue weighted by molar-refractivity contribution is -0.143. The number of rotatable bonds is 10. The van der Waals surface area contributed by atoms with Crippen LogP contribution in [0.2, 0.25) is 0 Å². The maximum Gasteiger partial charge on any atom is 0.425 e. The molecule has 2 saturated carbocycles. The maximum absolute atomic E-state index is 13.9. The minimum Gasteiger partial charge on any atom is -0.453 e. The number of methoxy groups -OCH3 is 2. The standard InChI is InChI=1S/C43H54N8O6/c1-23(2)37(48-42(54)56-6)41(53)50-18-8-9-34(50)32-21-45-39(46-32)31-17-16-28(19-25(31)5)26-10-12-27(13-11-26)38-44-22-33(47-38)35-29-14-15-30(20-29)36(35)40(52)51(24(3)4)49-43(55)57-7/h10-13,16-17,19,21-24,29-30,34-37H,8-9,14-15,18,20H2,1-7H3,(H,44,47)(H,45,46)(H,48,54)(H,49,55)/t29?,30?,34-,35+,36-,37?/m0/s1. The number of carbonyl (C=O) groups is 4. The SMILES string of the molecule is COC(=O)NC(C(=O)N1CCC[C@H]1c1cnc(-c2ccc(-c3ccc(-c4ncc([C@H]5C6CCC(C6)[C@@H]5C(=O)N(NC(=O)OC)C(C)C)[nH]4)cc3)cc2C)[nH]1)C(C)C. The Morgan fingerprint density at radius 3 is 2.16 bits per heavy atom. The fourth-order valence-corrected chi connectivity index (χ4v) is 9.29. The Kier molecular flexibility index (Phi) is 11.4. The smallest absolute Gasteiger partial charge is 0.425 e. The van der Waals surface area contributed by atoms with Gasteiger partial charge in [0.25, 0.3) is 0 Å². The average Bonchev–Trinajstić information content (AvgIpc) is 4.06. The van der Waals surface area contributed by atoms with E-state index in [9.17, 15) is 19.2 Å². The highest BCUT2D eigenvalue weighted by atomic mass is 16.5. The molecule has 4 N–H and O–H groups in total. The largest absolute Gasteiger partial charge is 0.453 e. The lowest BCUT2D eigenvalue weighted by atomic mass is 9.77. The van der Waals surface area contributed by atoms with Crippen molar-refractivity contribution < 1.29 is 28.7 Å². The van der Waals surface area contributed by atoms with E-state index in [2.05, 4.69) is 70.1 Å². The zero-order valence-electron chi connectivity index (χ0n) is 33.8. The van der Waals surface area contributed by atoms with Gasteiger partial charge in [-0.3, -0.25) is 9.59 Å². The summed E-state index contributed by atoms with van der Waals surface area (Å²) in [5.41, 5.74) is 9.57. The van der Waals surface area contributed by atoms with Crippen molar-refractivity contribution in [2.45, 2.75) is 90.8 Å². The Morgan fingerprint density at radius 1 is 0.825 bits per heavy atom. The molecule has 0 radical (unpaired) electrons. The van der Waals surface area contributed by atoms with Crippen LogP contribution in [0, 0.1) is 30.6 Å². The van der Waals surface area contributed by atoms with Crippen LogP contribution in [0.15, 0.2) is 54.9 Å². The van der Waals surface area contributed by atoms with Crippen molar-refractivity contribution in [1.82, 2.24) is 40.6 Å². The number of likely N-dealkylation sites (tertiary alicyclic amines) is 1. The number of hydrogen-bond acceptors (Lipinski definition) is 8. The second kappa shape index (κ2) is 16.4. The molecule has 3 aliphatic rings. The van der Waals surface area contributed by atoms with Crippen LogP contribution in [0.3, 0.4) is 0 Å². The molecule has 4 amide bonds. The Labute approximate surface area is 333 Å². The number of aromatic amines is 2. The molecule has 2 aliphatic carbocycles. The van der Waals surface area contributed by atoms with Gasteiger partial charge in [-0.2, -0.15) is 0 Å². The van der Waals surface area contributed by atoms with Gasteiger partial charge in [0.05, 0.1) is 38.1 Å². The predicted octanol–water partition coefficient (Wildman–Crippen LogP) is 7.12. The summed E-state index contributed by atoms with van der Waals surface area (Å²) in [5, 5.41) is 4.13. The van der Waals surface area contributed by atoms with Gasteiger partial charge in [0.15, 0.2) is 0 Å². The fourth-order valence-electron chi connectivity index (χ4n) is 9.29. The number of ether oxygens (including phenoxy) is 2. The molecule has 57 heavy (non-hydrogen) atoms. The molecule has 6 atom stereocenters. The van der Waals surface area contributed by atoms with E-state index in [1.165, 1.54) is 19.2 Å². The Bertz CT molecular complexity index is 2110. The highest BCUT2D eigenvalue weighted by molar-refractivity contribution is 5.86. The predicted molar refractivity (Wildman–Crippen MR) is 214 cm³/mol. The van der Waals surface area contributed by atoms with Gasteiger partial charge in [-0.25, -0.2) is 30.0 Å². The molecular formula is C43H54N8O6. The van der Waals surface area contributed by atoms with Crippen molar-refractivity contribution >= 4 is 24.0 Å². The molecule has 302 valence electrons. The van der Waals surface area contributed by atoms with Crippen LogP contribution < -0.4 is 10.7 Å². The van der Waals surface area contributed by atoms with Crippen molar-refractivity contribution in [3.8, 4) is 33.9 Å². The topological polar surface area (TPSA) is 175 Å². The lowest BCUT2D eigenvalue weighted by Crippen LogP contribution is -2.53. The number of imidazole rings is 2. The molecule has 14 heteroatoms. The van der Waals surface area contributed by atoms with Crippen molar-refractivity contribution in [2.75, 3.05) is 20.8 Å². The van der Waals surface area contributed by atoms with Crippen molar-refractivity contribution in [1.29, 1.82) is 0 Å². The first-order chi connectivity index (χ1) is 27.4. The monoisotopic (exact) mass is 778 g/mol. The van der Waals surface area contributed by atoms with Crippen LogP contribution in [0.5, 0.6) is 0 Å². The first-order valence-electron chi connectivity index (χ1n) is 20.0. The van der Waals surface area contributed by atoms with E-state index < -0.39 is 18.2 Å². The normalized spacial score (nSPS) is 21.8. The molecule has 1 aliphatic heterocycles. The van der Waals surface area contributed by atoms with Gasteiger partial charge < -0.3 is 29.7 Å². The average molecular weight is 779 g/mol. The minimum absolute atomic E-state index is 0.00337. The van der Waals surface area contributed by atoms with Gasteiger partial charge in [-0.05, 0) is 87.3 Å². The van der Waals surface area contributed by atoms with E-state index in [-0.39, 0.29) is 47.6 Å². The van der Waals surface area contributed by atoms with Gasteiger partial charge in [0.2, 0.25) is 11.8 Å². The number of aryl methyl sites for hydroxylation is 1. The first-order valence-corrected chi connectivity index (χ1v) is 20.0. The highest BCUT2D eigenvalue weighted by Crippen LogP contribution is 2.57. The molecule has 1 saturated heterocycles. The zero-order chi connectivity index (χ0) is 40.5. The second-order valence-electron chi connectivity index (χ2n) is 16.3. The molecule has 2 aromatic heterocycles. The number of hydrazine groups is 1. The summed E-state index contributed by atoms with van der Waals surface area (Å²) < 4.78 is 9.57. The van der Waals surface area contributed by atoms with Crippen molar-refractivity contribution in [3.05, 3.63) is 71.8 Å². The maximum atomic E-state index is 13.9. The number of H-pyrrole nitrogens is 2. The Hall–Kier alpha value is -5.66. The summed E-state index contributed by atoms with van der Waals surface area (Å²) in [6.45, 7) is 10.3. The third kappa shape index (κ3) is 7.86. The van der Waals surface area contributed by atoms with Crippen molar-refractivity contribution in [2.24, 2.45) is 23.7 Å². The van der Waals surface area contributed by atoms with Crippen LogP contribution in [0.4, 0.5) is 9.59 Å². The summed E-state index contributed by atoms with van der Waals surface area (Å²) >= 11 is 0. The molecular weight excluding hydrogens is 725 g/mol. The summed E-state index contributed by atoms with van der Waals surface area (Å²) in [6, 6.07) is 13.5. The summed E-state index contributed by atoms with van der Waals surface area (Å²) in [6.07, 6.45) is 7.15. The second-order valence-corrected chi connectivity index (χ2v) is 16.3.